The van der Waals surface area contributed by atoms with Crippen LogP contribution in [-0.2, 0) is 6.54 Å². The highest BCUT2D eigenvalue weighted by molar-refractivity contribution is 6.09. The summed E-state index contributed by atoms with van der Waals surface area (Å²) < 4.78 is 1.87. The standard InChI is InChI=1S/C26H28N4O2/c1-28-14-16-29(17-15-28)22-8-6-21(7-9-22)20-4-2-19(3-5-20)18-30-13-11-23-24(31)10-12-27-26(32)25(23)30/h2-9,11,13H,10,12,14-18H2,1H3,(H,27,32). The quantitative estimate of drug-likeness (QED) is 0.693. The smallest absolute Gasteiger partial charge is 0.268 e. The first-order valence-electron chi connectivity index (χ1n) is 11.2. The highest BCUT2D eigenvalue weighted by Gasteiger charge is 2.24. The van der Waals surface area contributed by atoms with E-state index in [0.717, 1.165) is 37.3 Å². The molecule has 3 aromatic rings. The number of benzene rings is 2. The van der Waals surface area contributed by atoms with Crippen molar-refractivity contribution in [3.8, 4) is 11.1 Å². The summed E-state index contributed by atoms with van der Waals surface area (Å²) in [6.07, 6.45) is 2.18. The van der Waals surface area contributed by atoms with Crippen molar-refractivity contribution in [3.63, 3.8) is 0 Å². The van der Waals surface area contributed by atoms with Crippen LogP contribution in [0.25, 0.3) is 11.1 Å². The van der Waals surface area contributed by atoms with Gasteiger partial charge in [-0.1, -0.05) is 36.4 Å². The molecule has 2 aliphatic rings. The van der Waals surface area contributed by atoms with Gasteiger partial charge in [-0.25, -0.2) is 0 Å². The highest BCUT2D eigenvalue weighted by atomic mass is 16.2. The SMILES string of the molecule is CN1CCN(c2ccc(-c3ccc(Cn4ccc5c4C(=O)NCCC5=O)cc3)cc2)CC1. The number of likely N-dealkylation sites (N-methyl/N-ethyl adjacent to an activating group) is 1. The molecular formula is C26H28N4O2. The molecule has 1 N–H and O–H groups in total. The summed E-state index contributed by atoms with van der Waals surface area (Å²) >= 11 is 0. The summed E-state index contributed by atoms with van der Waals surface area (Å²) in [5.41, 5.74) is 5.71. The van der Waals surface area contributed by atoms with Crippen LogP contribution in [0, 0.1) is 0 Å². The van der Waals surface area contributed by atoms with Crippen LogP contribution >= 0.6 is 0 Å². The fraction of sp³-hybridized carbons (Fsp3) is 0.308. The molecule has 164 valence electrons. The molecule has 1 amide bonds. The van der Waals surface area contributed by atoms with Crippen molar-refractivity contribution >= 4 is 17.4 Å². The predicted octanol–water partition coefficient (Wildman–Crippen LogP) is 3.27. The Labute approximate surface area is 188 Å². The molecular weight excluding hydrogens is 400 g/mol. The largest absolute Gasteiger partial charge is 0.369 e. The number of carbonyl (C=O) groups is 2. The lowest BCUT2D eigenvalue weighted by molar-refractivity contribution is 0.0947. The highest BCUT2D eigenvalue weighted by Crippen LogP contribution is 2.25. The Balaban J connectivity index is 1.30. The maximum Gasteiger partial charge on any atom is 0.268 e. The molecule has 0 radical (unpaired) electrons. The molecule has 2 aromatic carbocycles. The third-order valence-corrected chi connectivity index (χ3v) is 6.49. The molecule has 0 atom stereocenters. The van der Waals surface area contributed by atoms with Crippen molar-refractivity contribution in [2.24, 2.45) is 0 Å². The van der Waals surface area contributed by atoms with Gasteiger partial charge in [0.1, 0.15) is 5.69 Å². The van der Waals surface area contributed by atoms with Crippen LogP contribution in [0.2, 0.25) is 0 Å². The number of amides is 1. The lowest BCUT2D eigenvalue weighted by atomic mass is 10.0. The van der Waals surface area contributed by atoms with E-state index in [4.69, 9.17) is 0 Å². The van der Waals surface area contributed by atoms with E-state index < -0.39 is 0 Å². The summed E-state index contributed by atoms with van der Waals surface area (Å²) in [4.78, 5) is 29.5. The minimum Gasteiger partial charge on any atom is -0.369 e. The molecule has 6 nitrogen and oxygen atoms in total. The van der Waals surface area contributed by atoms with E-state index in [-0.39, 0.29) is 11.7 Å². The number of hydrogen-bond acceptors (Lipinski definition) is 4. The van der Waals surface area contributed by atoms with E-state index in [9.17, 15) is 9.59 Å². The second kappa shape index (κ2) is 8.63. The molecule has 0 aliphatic carbocycles. The van der Waals surface area contributed by atoms with Gasteiger partial charge in [0, 0.05) is 63.1 Å². The first-order valence-corrected chi connectivity index (χ1v) is 11.2. The van der Waals surface area contributed by atoms with Gasteiger partial charge in [-0.3, -0.25) is 9.59 Å². The number of ketones is 1. The number of anilines is 1. The van der Waals surface area contributed by atoms with Crippen molar-refractivity contribution in [1.82, 2.24) is 14.8 Å². The van der Waals surface area contributed by atoms with E-state index in [1.807, 2.05) is 10.8 Å². The van der Waals surface area contributed by atoms with Gasteiger partial charge in [-0.05, 0) is 41.9 Å². The zero-order chi connectivity index (χ0) is 22.1. The Bertz CT molecular complexity index is 1120. The number of piperazine rings is 1. The van der Waals surface area contributed by atoms with Crippen LogP contribution in [-0.4, -0.2) is 60.9 Å². The Hall–Kier alpha value is -3.38. The van der Waals surface area contributed by atoms with Gasteiger partial charge < -0.3 is 19.7 Å². The summed E-state index contributed by atoms with van der Waals surface area (Å²) in [5.74, 6) is -0.152. The van der Waals surface area contributed by atoms with Crippen molar-refractivity contribution < 1.29 is 9.59 Å². The fourth-order valence-corrected chi connectivity index (χ4v) is 4.52. The third-order valence-electron chi connectivity index (χ3n) is 6.49. The van der Waals surface area contributed by atoms with Crippen molar-refractivity contribution in [2.75, 3.05) is 44.7 Å². The molecule has 5 rings (SSSR count). The topological polar surface area (TPSA) is 57.6 Å². The second-order valence-corrected chi connectivity index (χ2v) is 8.67. The van der Waals surface area contributed by atoms with Gasteiger partial charge >= 0.3 is 0 Å². The number of Topliss-reactive ketones (excluding diaryl/α,β-unsaturated/α-hetero) is 1. The summed E-state index contributed by atoms with van der Waals surface area (Å²) in [5, 5.41) is 2.82. The van der Waals surface area contributed by atoms with Crippen LogP contribution in [0.5, 0.6) is 0 Å². The number of aromatic nitrogens is 1. The number of nitrogens with zero attached hydrogens (tertiary/aromatic N) is 3. The zero-order valence-electron chi connectivity index (χ0n) is 18.4. The number of hydrogen-bond donors (Lipinski definition) is 1. The number of carbonyl (C=O) groups excluding carboxylic acids is 2. The molecule has 1 saturated heterocycles. The van der Waals surface area contributed by atoms with Crippen LogP contribution in [0.3, 0.4) is 0 Å². The molecule has 32 heavy (non-hydrogen) atoms. The van der Waals surface area contributed by atoms with E-state index in [1.165, 1.54) is 11.3 Å². The van der Waals surface area contributed by atoms with Crippen molar-refractivity contribution in [2.45, 2.75) is 13.0 Å². The number of nitrogens with one attached hydrogen (secondary N) is 1. The summed E-state index contributed by atoms with van der Waals surface area (Å²) in [6.45, 7) is 5.29. The molecule has 0 bridgehead atoms. The van der Waals surface area contributed by atoms with Crippen LogP contribution in [0.4, 0.5) is 5.69 Å². The fourth-order valence-electron chi connectivity index (χ4n) is 4.52. The van der Waals surface area contributed by atoms with Gasteiger partial charge in [0.2, 0.25) is 0 Å². The molecule has 1 fully saturated rings. The van der Waals surface area contributed by atoms with Gasteiger partial charge in [-0.2, -0.15) is 0 Å². The molecule has 2 aliphatic heterocycles. The van der Waals surface area contributed by atoms with E-state index >= 15 is 0 Å². The Morgan fingerprint density at radius 1 is 0.844 bits per heavy atom. The minimum atomic E-state index is -0.173. The second-order valence-electron chi connectivity index (χ2n) is 8.67. The zero-order valence-corrected chi connectivity index (χ0v) is 18.4. The first kappa shape index (κ1) is 20.5. The summed E-state index contributed by atoms with van der Waals surface area (Å²) in [6, 6.07) is 19.0. The van der Waals surface area contributed by atoms with Gasteiger partial charge in [0.25, 0.3) is 5.91 Å². The lowest BCUT2D eigenvalue weighted by Crippen LogP contribution is -2.44. The molecule has 0 saturated carbocycles. The number of fused-ring (bicyclic) bond motifs is 1. The maximum absolute atomic E-state index is 12.4. The molecule has 0 spiro atoms. The average Bonchev–Trinajstić information content (AvgIpc) is 3.17. The van der Waals surface area contributed by atoms with Crippen LogP contribution in [0.15, 0.2) is 60.8 Å². The predicted molar refractivity (Wildman–Crippen MR) is 126 cm³/mol. The Kier molecular flexibility index (Phi) is 5.53. The molecule has 3 heterocycles. The van der Waals surface area contributed by atoms with Gasteiger partial charge in [0.05, 0.1) is 0 Å². The van der Waals surface area contributed by atoms with E-state index in [0.29, 0.717) is 30.8 Å². The molecule has 6 heteroatoms. The third kappa shape index (κ3) is 4.06. The van der Waals surface area contributed by atoms with Gasteiger partial charge in [-0.15, -0.1) is 0 Å². The van der Waals surface area contributed by atoms with Gasteiger partial charge in [0.15, 0.2) is 5.78 Å². The Morgan fingerprint density at radius 3 is 2.19 bits per heavy atom. The van der Waals surface area contributed by atoms with Crippen molar-refractivity contribution in [3.05, 3.63) is 77.6 Å². The van der Waals surface area contributed by atoms with Crippen LogP contribution in [0.1, 0.15) is 32.8 Å². The van der Waals surface area contributed by atoms with Crippen LogP contribution < -0.4 is 10.2 Å². The lowest BCUT2D eigenvalue weighted by Gasteiger charge is -2.34. The Morgan fingerprint density at radius 2 is 1.50 bits per heavy atom. The summed E-state index contributed by atoms with van der Waals surface area (Å²) in [7, 11) is 2.17. The van der Waals surface area contributed by atoms with Crippen molar-refractivity contribution in [1.29, 1.82) is 0 Å². The van der Waals surface area contributed by atoms with E-state index in [1.54, 1.807) is 6.07 Å². The number of rotatable bonds is 4. The normalized spacial score (nSPS) is 17.1. The molecule has 1 aromatic heterocycles. The molecule has 0 unspecified atom stereocenters. The van der Waals surface area contributed by atoms with E-state index in [2.05, 4.69) is 70.7 Å². The monoisotopic (exact) mass is 428 g/mol. The first-order chi connectivity index (χ1) is 15.6. The maximum atomic E-state index is 12.4. The minimum absolute atomic E-state index is 0.0208. The average molecular weight is 429 g/mol.